The van der Waals surface area contributed by atoms with Crippen LogP contribution in [0.2, 0.25) is 0 Å². The summed E-state index contributed by atoms with van der Waals surface area (Å²) in [7, 11) is 0. The van der Waals surface area contributed by atoms with Crippen molar-refractivity contribution in [3.63, 3.8) is 0 Å². The van der Waals surface area contributed by atoms with Gasteiger partial charge in [-0.05, 0) is 59.0 Å². The summed E-state index contributed by atoms with van der Waals surface area (Å²) in [4.78, 5) is 14.2. The minimum Gasteiger partial charge on any atom is -0.507 e. The molecule has 2 rings (SSSR count). The second-order valence-corrected chi connectivity index (χ2v) is 6.45. The summed E-state index contributed by atoms with van der Waals surface area (Å²) in [6.07, 6.45) is 1.06. The number of likely N-dealkylation sites (tertiary alicyclic amines) is 1. The number of aromatic hydroxyl groups is 1. The summed E-state index contributed by atoms with van der Waals surface area (Å²) in [5.74, 6) is 1.22. The van der Waals surface area contributed by atoms with Gasteiger partial charge in [-0.2, -0.15) is 0 Å². The number of halogens is 1. The molecule has 0 aromatic heterocycles. The second kappa shape index (κ2) is 5.47. The molecule has 0 bridgehead atoms. The summed E-state index contributed by atoms with van der Waals surface area (Å²) in [6.45, 7) is 6.00. The maximum atomic E-state index is 12.4. The summed E-state index contributed by atoms with van der Waals surface area (Å²) in [5.41, 5.74) is 0.423. The molecule has 1 saturated heterocycles. The van der Waals surface area contributed by atoms with Crippen molar-refractivity contribution in [3.8, 4) is 5.75 Å². The van der Waals surface area contributed by atoms with Crippen LogP contribution in [-0.4, -0.2) is 29.0 Å². The number of carbonyl (C=O) groups excluding carboxylic acids is 1. The Morgan fingerprint density at radius 1 is 1.50 bits per heavy atom. The molecule has 1 N–H and O–H groups in total. The zero-order valence-corrected chi connectivity index (χ0v) is 12.8. The number of hydrogen-bond donors (Lipinski definition) is 1. The van der Waals surface area contributed by atoms with Crippen LogP contribution in [0, 0.1) is 15.4 Å². The third-order valence-electron chi connectivity index (χ3n) is 3.64. The molecule has 1 fully saturated rings. The smallest absolute Gasteiger partial charge is 0.257 e. The van der Waals surface area contributed by atoms with Gasteiger partial charge in [0.25, 0.3) is 5.91 Å². The van der Waals surface area contributed by atoms with Crippen LogP contribution in [0.5, 0.6) is 5.75 Å². The Morgan fingerprint density at radius 3 is 2.83 bits per heavy atom. The van der Waals surface area contributed by atoms with Crippen LogP contribution in [-0.2, 0) is 0 Å². The SMILES string of the molecule is CC(C)C1CCN(C(=O)c2cc(I)ccc2O)C1. The summed E-state index contributed by atoms with van der Waals surface area (Å²) >= 11 is 2.15. The highest BCUT2D eigenvalue weighted by molar-refractivity contribution is 14.1. The summed E-state index contributed by atoms with van der Waals surface area (Å²) in [5, 5.41) is 9.79. The van der Waals surface area contributed by atoms with Crippen molar-refractivity contribution in [2.45, 2.75) is 20.3 Å². The van der Waals surface area contributed by atoms with Gasteiger partial charge in [-0.25, -0.2) is 0 Å². The molecule has 0 radical (unpaired) electrons. The summed E-state index contributed by atoms with van der Waals surface area (Å²) < 4.78 is 0.966. The molecule has 1 aromatic carbocycles. The molecule has 1 aliphatic heterocycles. The van der Waals surface area contributed by atoms with Crippen molar-refractivity contribution in [2.24, 2.45) is 11.8 Å². The van der Waals surface area contributed by atoms with Crippen LogP contribution in [0.1, 0.15) is 30.6 Å². The van der Waals surface area contributed by atoms with Crippen molar-refractivity contribution in [1.82, 2.24) is 4.90 Å². The molecular weight excluding hydrogens is 341 g/mol. The van der Waals surface area contributed by atoms with E-state index < -0.39 is 0 Å². The van der Waals surface area contributed by atoms with E-state index in [1.54, 1.807) is 18.2 Å². The molecular formula is C14H18INO2. The Labute approximate surface area is 121 Å². The quantitative estimate of drug-likeness (QED) is 0.825. The number of rotatable bonds is 2. The molecule has 1 amide bonds. The zero-order chi connectivity index (χ0) is 13.3. The molecule has 1 heterocycles. The van der Waals surface area contributed by atoms with Gasteiger partial charge >= 0.3 is 0 Å². The Hall–Kier alpha value is -0.780. The van der Waals surface area contributed by atoms with Gasteiger partial charge in [0, 0.05) is 16.7 Å². The van der Waals surface area contributed by atoms with E-state index in [0.717, 1.165) is 23.1 Å². The van der Waals surface area contributed by atoms with E-state index in [2.05, 4.69) is 36.4 Å². The Morgan fingerprint density at radius 2 is 2.22 bits per heavy atom. The molecule has 4 heteroatoms. The van der Waals surface area contributed by atoms with Crippen molar-refractivity contribution in [1.29, 1.82) is 0 Å². The Balaban J connectivity index is 2.15. The van der Waals surface area contributed by atoms with E-state index in [4.69, 9.17) is 0 Å². The standard InChI is InChI=1S/C14H18INO2/c1-9(2)10-5-6-16(8-10)14(18)12-7-11(15)3-4-13(12)17/h3-4,7,9-10,17H,5-6,8H2,1-2H3. The minimum absolute atomic E-state index is 0.0471. The zero-order valence-electron chi connectivity index (χ0n) is 10.7. The van der Waals surface area contributed by atoms with Crippen LogP contribution in [0.4, 0.5) is 0 Å². The van der Waals surface area contributed by atoms with Crippen LogP contribution < -0.4 is 0 Å². The fraction of sp³-hybridized carbons (Fsp3) is 0.500. The van der Waals surface area contributed by atoms with Gasteiger partial charge in [0.05, 0.1) is 5.56 Å². The molecule has 0 saturated carbocycles. The lowest BCUT2D eigenvalue weighted by molar-refractivity contribution is 0.0781. The Bertz CT molecular complexity index is 459. The van der Waals surface area contributed by atoms with Crippen LogP contribution >= 0.6 is 22.6 Å². The number of hydrogen-bond acceptors (Lipinski definition) is 2. The highest BCUT2D eigenvalue weighted by Crippen LogP contribution is 2.27. The van der Waals surface area contributed by atoms with E-state index >= 15 is 0 Å². The predicted octanol–water partition coefficient (Wildman–Crippen LogP) is 3.11. The molecule has 3 nitrogen and oxygen atoms in total. The van der Waals surface area contributed by atoms with E-state index in [-0.39, 0.29) is 11.7 Å². The number of phenolic OH excluding ortho intramolecular Hbond substituents is 1. The Kier molecular flexibility index (Phi) is 4.14. The lowest BCUT2D eigenvalue weighted by atomic mass is 9.95. The summed E-state index contributed by atoms with van der Waals surface area (Å²) in [6, 6.07) is 5.14. The van der Waals surface area contributed by atoms with Gasteiger partial charge in [-0.1, -0.05) is 13.8 Å². The number of amides is 1. The van der Waals surface area contributed by atoms with Crippen molar-refractivity contribution in [2.75, 3.05) is 13.1 Å². The van der Waals surface area contributed by atoms with Crippen LogP contribution in [0.15, 0.2) is 18.2 Å². The lowest BCUT2D eigenvalue weighted by Crippen LogP contribution is -2.29. The van der Waals surface area contributed by atoms with E-state index in [0.29, 0.717) is 17.4 Å². The molecule has 1 unspecified atom stereocenters. The van der Waals surface area contributed by atoms with Crippen LogP contribution in [0.3, 0.4) is 0 Å². The first kappa shape index (κ1) is 13.6. The average Bonchev–Trinajstić information content (AvgIpc) is 2.81. The number of benzene rings is 1. The third kappa shape index (κ3) is 2.79. The fourth-order valence-corrected chi connectivity index (χ4v) is 2.86. The van der Waals surface area contributed by atoms with E-state index in [1.165, 1.54) is 0 Å². The van der Waals surface area contributed by atoms with Gasteiger partial charge < -0.3 is 10.0 Å². The first-order valence-electron chi connectivity index (χ1n) is 6.27. The molecule has 1 aliphatic rings. The third-order valence-corrected chi connectivity index (χ3v) is 4.31. The topological polar surface area (TPSA) is 40.5 Å². The van der Waals surface area contributed by atoms with Crippen molar-refractivity contribution in [3.05, 3.63) is 27.3 Å². The van der Waals surface area contributed by atoms with Gasteiger partial charge in [0.1, 0.15) is 5.75 Å². The van der Waals surface area contributed by atoms with Gasteiger partial charge in [0.2, 0.25) is 0 Å². The van der Waals surface area contributed by atoms with E-state index in [9.17, 15) is 9.90 Å². The normalized spacial score (nSPS) is 19.6. The number of phenols is 1. The van der Waals surface area contributed by atoms with Gasteiger partial charge in [-0.15, -0.1) is 0 Å². The first-order chi connectivity index (χ1) is 8.49. The largest absolute Gasteiger partial charge is 0.507 e. The molecule has 98 valence electrons. The number of carbonyl (C=O) groups is 1. The maximum Gasteiger partial charge on any atom is 0.257 e. The lowest BCUT2D eigenvalue weighted by Gasteiger charge is -2.18. The fourth-order valence-electron chi connectivity index (χ4n) is 2.37. The molecule has 1 atom stereocenters. The molecule has 0 aliphatic carbocycles. The van der Waals surface area contributed by atoms with Crippen molar-refractivity contribution < 1.29 is 9.90 Å². The average molecular weight is 359 g/mol. The maximum absolute atomic E-state index is 12.4. The van der Waals surface area contributed by atoms with Gasteiger partial charge in [-0.3, -0.25) is 4.79 Å². The monoisotopic (exact) mass is 359 g/mol. The molecule has 18 heavy (non-hydrogen) atoms. The molecule has 1 aromatic rings. The molecule has 0 spiro atoms. The van der Waals surface area contributed by atoms with Crippen LogP contribution in [0.25, 0.3) is 0 Å². The highest BCUT2D eigenvalue weighted by atomic mass is 127. The van der Waals surface area contributed by atoms with E-state index in [1.807, 2.05) is 4.90 Å². The van der Waals surface area contributed by atoms with Crippen molar-refractivity contribution >= 4 is 28.5 Å². The first-order valence-corrected chi connectivity index (χ1v) is 7.34. The van der Waals surface area contributed by atoms with Gasteiger partial charge in [0.15, 0.2) is 0 Å². The highest BCUT2D eigenvalue weighted by Gasteiger charge is 2.29. The second-order valence-electron chi connectivity index (χ2n) is 5.21. The number of nitrogens with zero attached hydrogens (tertiary/aromatic N) is 1. The predicted molar refractivity (Wildman–Crippen MR) is 79.7 cm³/mol. The minimum atomic E-state index is -0.0471.